The van der Waals surface area contributed by atoms with Gasteiger partial charge in [-0.1, -0.05) is 148 Å². The summed E-state index contributed by atoms with van der Waals surface area (Å²) in [6.45, 7) is 10.9. The zero-order valence-corrected chi connectivity index (χ0v) is 45.7. The molecular weight excluding hydrogens is 873 g/mol. The number of allylic oxidation sites excluding steroid dienone is 4. The number of ether oxygens (including phenoxy) is 3. The van der Waals surface area contributed by atoms with Crippen LogP contribution in [0.15, 0.2) is 24.3 Å². The number of carbonyl (C=O) groups is 5. The number of hydrogen-bond acceptors (Lipinski definition) is 9. The summed E-state index contributed by atoms with van der Waals surface area (Å²) in [6, 6.07) is 0.0276. The Morgan fingerprint density at radius 2 is 1.03 bits per heavy atom. The first-order valence-corrected chi connectivity index (χ1v) is 28.8. The topological polar surface area (TPSA) is 128 Å². The van der Waals surface area contributed by atoms with E-state index < -0.39 is 11.4 Å². The third-order valence-electron chi connectivity index (χ3n) is 12.2. The zero-order valence-electron chi connectivity index (χ0n) is 44.9. The van der Waals surface area contributed by atoms with Gasteiger partial charge in [-0.2, -0.15) is 0 Å². The lowest BCUT2D eigenvalue weighted by Gasteiger charge is -2.23. The number of Topliss-reactive ketones (excluding diaryl/α,β-unsaturated/α-hetero) is 1. The Morgan fingerprint density at radius 1 is 0.559 bits per heavy atom. The molecule has 0 radical (unpaired) electrons. The number of nitrogens with zero attached hydrogens (tertiary/aromatic N) is 1. The summed E-state index contributed by atoms with van der Waals surface area (Å²) in [7, 11) is 3.42. The molecule has 396 valence electrons. The number of amides is 2. The van der Waals surface area contributed by atoms with Crippen molar-refractivity contribution in [1.29, 1.82) is 0 Å². The minimum Gasteiger partial charge on any atom is -0.462 e. The van der Waals surface area contributed by atoms with Crippen molar-refractivity contribution in [2.75, 3.05) is 39.7 Å². The lowest BCUT2D eigenvalue weighted by Crippen LogP contribution is -2.38. The van der Waals surface area contributed by atoms with Crippen LogP contribution in [0.25, 0.3) is 0 Å². The van der Waals surface area contributed by atoms with Gasteiger partial charge in [-0.15, -0.1) is 11.8 Å². The van der Waals surface area contributed by atoms with Gasteiger partial charge in [0.1, 0.15) is 18.5 Å². The van der Waals surface area contributed by atoms with Gasteiger partial charge < -0.3 is 24.4 Å². The monoisotopic (exact) mass is 977 g/mol. The predicted octanol–water partition coefficient (Wildman–Crippen LogP) is 14.4. The molecule has 0 fully saturated rings. The number of unbranched alkanes of at least 4 members (excludes halogenated alkanes) is 22. The van der Waals surface area contributed by atoms with Crippen LogP contribution in [0.4, 0.5) is 0 Å². The van der Waals surface area contributed by atoms with Gasteiger partial charge in [-0.25, -0.2) is 0 Å². The van der Waals surface area contributed by atoms with Crippen LogP contribution in [0.1, 0.15) is 247 Å². The van der Waals surface area contributed by atoms with E-state index in [2.05, 4.69) is 43.5 Å². The second-order valence-electron chi connectivity index (χ2n) is 19.6. The van der Waals surface area contributed by atoms with Crippen molar-refractivity contribution in [3.63, 3.8) is 0 Å². The Bertz CT molecular complexity index is 1300. The number of ketones is 1. The van der Waals surface area contributed by atoms with Crippen molar-refractivity contribution >= 4 is 41.3 Å². The summed E-state index contributed by atoms with van der Waals surface area (Å²) in [5, 5.41) is 2.52. The quantitative estimate of drug-likeness (QED) is 0.0360. The lowest BCUT2D eigenvalue weighted by molar-refractivity contribution is -0.160. The van der Waals surface area contributed by atoms with Crippen molar-refractivity contribution in [1.82, 2.24) is 10.2 Å². The summed E-state index contributed by atoms with van der Waals surface area (Å²) in [6.07, 6.45) is 42.6. The fraction of sp³-hybridized carbons (Fsp3) is 0.842. The molecule has 3 unspecified atom stereocenters. The van der Waals surface area contributed by atoms with E-state index in [-0.39, 0.29) is 48.1 Å². The van der Waals surface area contributed by atoms with Crippen LogP contribution >= 0.6 is 11.8 Å². The number of thioether (sulfide) groups is 1. The first-order chi connectivity index (χ1) is 32.9. The third kappa shape index (κ3) is 43.4. The molecule has 0 aromatic heterocycles. The van der Waals surface area contributed by atoms with Gasteiger partial charge in [0.25, 0.3) is 0 Å². The van der Waals surface area contributed by atoms with Crippen molar-refractivity contribution in [2.24, 2.45) is 5.92 Å². The van der Waals surface area contributed by atoms with Crippen LogP contribution in [0, 0.1) is 5.92 Å². The minimum absolute atomic E-state index is 0.0139. The predicted molar refractivity (Wildman–Crippen MR) is 286 cm³/mol. The summed E-state index contributed by atoms with van der Waals surface area (Å²) in [5.41, 5.74) is 0. The molecule has 0 aliphatic rings. The van der Waals surface area contributed by atoms with Crippen LogP contribution in [0.3, 0.4) is 0 Å². The van der Waals surface area contributed by atoms with E-state index in [4.69, 9.17) is 14.2 Å². The van der Waals surface area contributed by atoms with E-state index in [1.807, 2.05) is 20.8 Å². The summed E-state index contributed by atoms with van der Waals surface area (Å²) >= 11 is 1.43. The first kappa shape index (κ1) is 65.3. The fourth-order valence-electron chi connectivity index (χ4n) is 7.87. The second kappa shape index (κ2) is 48.0. The molecule has 0 saturated heterocycles. The summed E-state index contributed by atoms with van der Waals surface area (Å²) < 4.78 is 17.3. The highest BCUT2D eigenvalue weighted by molar-refractivity contribution is 8.00. The highest BCUT2D eigenvalue weighted by Crippen LogP contribution is 2.23. The van der Waals surface area contributed by atoms with Gasteiger partial charge in [0.2, 0.25) is 11.8 Å². The molecular formula is C57H104N2O8S. The zero-order chi connectivity index (χ0) is 50.3. The molecule has 2 amide bonds. The summed E-state index contributed by atoms with van der Waals surface area (Å²) in [5.74, 6) is -0.377. The van der Waals surface area contributed by atoms with Gasteiger partial charge in [0.05, 0.1) is 11.9 Å². The molecule has 0 aliphatic heterocycles. The highest BCUT2D eigenvalue weighted by Gasteiger charge is 2.27. The number of rotatable bonds is 49. The van der Waals surface area contributed by atoms with E-state index >= 15 is 0 Å². The molecule has 0 saturated carbocycles. The average molecular weight is 978 g/mol. The van der Waals surface area contributed by atoms with Crippen molar-refractivity contribution in [3.05, 3.63) is 24.3 Å². The lowest BCUT2D eigenvalue weighted by atomic mass is 10.0. The molecule has 0 aromatic carbocycles. The fourth-order valence-corrected chi connectivity index (χ4v) is 9.28. The Hall–Kier alpha value is -2.66. The number of hydrogen-bond donors (Lipinski definition) is 1. The van der Waals surface area contributed by atoms with Gasteiger partial charge in [0.15, 0.2) is 0 Å². The Kier molecular flexibility index (Phi) is 46.1. The average Bonchev–Trinajstić information content (AvgIpc) is 3.30. The second-order valence-corrected chi connectivity index (χ2v) is 21.0. The van der Waals surface area contributed by atoms with E-state index in [1.54, 1.807) is 19.0 Å². The van der Waals surface area contributed by atoms with Crippen LogP contribution in [-0.2, 0) is 38.2 Å². The van der Waals surface area contributed by atoms with Crippen LogP contribution in [0.2, 0.25) is 0 Å². The molecule has 0 aromatic rings. The molecule has 10 nitrogen and oxygen atoms in total. The van der Waals surface area contributed by atoms with Crippen molar-refractivity contribution in [3.8, 4) is 0 Å². The number of esters is 2. The minimum atomic E-state index is -0.584. The van der Waals surface area contributed by atoms with E-state index in [0.29, 0.717) is 63.9 Å². The normalized spacial score (nSPS) is 13.0. The van der Waals surface area contributed by atoms with Gasteiger partial charge in [0, 0.05) is 70.5 Å². The molecule has 1 N–H and O–H groups in total. The Labute approximate surface area is 421 Å². The smallest absolute Gasteiger partial charge is 0.306 e. The molecule has 68 heavy (non-hydrogen) atoms. The highest BCUT2D eigenvalue weighted by atomic mass is 32.2. The SMILES string of the molecule is CCCCCCCC/C=C\CCCCCCCC(=O)OCC(CCOCCCC(=O)CCSC(CC(C)C(=O)NC(C)C)C(=O)N(C)C)OC(=O)CCCCCCC/C=C\CCCCCCCC. The molecule has 3 atom stereocenters. The maximum atomic E-state index is 12.9. The van der Waals surface area contributed by atoms with Gasteiger partial charge in [-0.05, 0) is 90.9 Å². The standard InChI is InChI=1S/C57H104N2O8S/c1-8-10-12-14-16-18-20-22-24-26-28-30-32-34-36-40-54(61)66-48-52(67-55(62)41-37-35-33-31-29-27-25-23-21-19-17-15-13-11-9-2)42-45-65-44-38-39-51(60)43-46-68-53(57(64)59(6)7)47-50(5)56(63)58-49(3)4/h22-25,49-50,52-53H,8-21,26-48H2,1-7H3,(H,58,63)/b24-22-,25-23-. The maximum Gasteiger partial charge on any atom is 0.306 e. The van der Waals surface area contributed by atoms with Crippen LogP contribution in [0.5, 0.6) is 0 Å². The molecule has 0 aliphatic carbocycles. The summed E-state index contributed by atoms with van der Waals surface area (Å²) in [4.78, 5) is 65.2. The van der Waals surface area contributed by atoms with Crippen molar-refractivity contribution < 1.29 is 38.2 Å². The van der Waals surface area contributed by atoms with Crippen molar-refractivity contribution in [2.45, 2.75) is 264 Å². The molecule has 0 heterocycles. The van der Waals surface area contributed by atoms with Crippen LogP contribution < -0.4 is 5.32 Å². The maximum absolute atomic E-state index is 12.9. The third-order valence-corrected chi connectivity index (χ3v) is 13.4. The Morgan fingerprint density at radius 3 is 1.51 bits per heavy atom. The first-order valence-electron chi connectivity index (χ1n) is 27.8. The number of nitrogens with one attached hydrogen (secondary N) is 1. The largest absolute Gasteiger partial charge is 0.462 e. The Balaban J connectivity index is 4.68. The molecule has 0 bridgehead atoms. The van der Waals surface area contributed by atoms with E-state index in [1.165, 1.54) is 121 Å². The van der Waals surface area contributed by atoms with Gasteiger partial charge >= 0.3 is 11.9 Å². The number of carbonyl (C=O) groups excluding carboxylic acids is 5. The van der Waals surface area contributed by atoms with E-state index in [0.717, 1.165) is 57.8 Å². The molecule has 11 heteroatoms. The van der Waals surface area contributed by atoms with Gasteiger partial charge in [-0.3, -0.25) is 24.0 Å². The van der Waals surface area contributed by atoms with Crippen LogP contribution in [-0.4, -0.2) is 91.5 Å². The molecule has 0 rings (SSSR count). The molecule has 0 spiro atoms. The van der Waals surface area contributed by atoms with E-state index in [9.17, 15) is 24.0 Å².